The Morgan fingerprint density at radius 3 is 2.39 bits per heavy atom. The predicted octanol–water partition coefficient (Wildman–Crippen LogP) is 3.53. The summed E-state index contributed by atoms with van der Waals surface area (Å²) in [5.74, 6) is 0.493. The second kappa shape index (κ2) is 9.57. The third-order valence-corrected chi connectivity index (χ3v) is 5.39. The molecule has 0 heterocycles. The molecule has 1 aliphatic carbocycles. The van der Waals surface area contributed by atoms with E-state index in [4.69, 9.17) is 9.47 Å². The van der Waals surface area contributed by atoms with Crippen LogP contribution in [0.1, 0.15) is 24.0 Å². The maximum absolute atomic E-state index is 11.9. The summed E-state index contributed by atoms with van der Waals surface area (Å²) < 4.78 is 11.2. The molecule has 3 atom stereocenters. The first-order valence-electron chi connectivity index (χ1n) is 9.51. The van der Waals surface area contributed by atoms with E-state index in [0.29, 0.717) is 13.0 Å². The van der Waals surface area contributed by atoms with Gasteiger partial charge in [0.15, 0.2) is 0 Å². The number of amides is 1. The number of carbonyl (C=O) groups is 1. The van der Waals surface area contributed by atoms with Crippen LogP contribution in [-0.2, 0) is 17.9 Å². The molecule has 0 saturated heterocycles. The lowest BCUT2D eigenvalue weighted by Crippen LogP contribution is -2.44. The Kier molecular flexibility index (Phi) is 6.90. The molecule has 2 aromatic carbocycles. The van der Waals surface area contributed by atoms with Gasteiger partial charge >= 0.3 is 6.09 Å². The number of carboxylic acid groups (broad SMARTS) is 1. The number of hydrogen-bond acceptors (Lipinski definition) is 4. The first-order valence-corrected chi connectivity index (χ1v) is 9.51. The van der Waals surface area contributed by atoms with Crippen LogP contribution >= 0.6 is 0 Å². The summed E-state index contributed by atoms with van der Waals surface area (Å²) >= 11 is 0. The molecule has 150 valence electrons. The van der Waals surface area contributed by atoms with Gasteiger partial charge in [-0.15, -0.1) is 0 Å². The number of benzene rings is 2. The Morgan fingerprint density at radius 1 is 1.07 bits per heavy atom. The molecule has 0 spiro atoms. The summed E-state index contributed by atoms with van der Waals surface area (Å²) in [5, 5.41) is 19.7. The Morgan fingerprint density at radius 2 is 1.79 bits per heavy atom. The highest BCUT2D eigenvalue weighted by atomic mass is 16.5. The van der Waals surface area contributed by atoms with Gasteiger partial charge in [0.05, 0.1) is 26.4 Å². The fourth-order valence-corrected chi connectivity index (χ4v) is 3.88. The predicted molar refractivity (Wildman–Crippen MR) is 105 cm³/mol. The SMILES string of the molecule is COc1ccc(CN(C(=O)O)C2CCC(OCc3ccccc3)C2CO)cc1. The van der Waals surface area contributed by atoms with E-state index in [0.717, 1.165) is 23.3 Å². The standard InChI is InChI=1S/C22H27NO5/c1-27-18-9-7-16(8-10-18)13-23(22(25)26)20-11-12-21(19(20)14-24)28-15-17-5-3-2-4-6-17/h2-10,19-21,24H,11-15H2,1H3,(H,25,26). The Bertz CT molecular complexity index is 749. The van der Waals surface area contributed by atoms with Crippen LogP contribution < -0.4 is 4.74 Å². The minimum Gasteiger partial charge on any atom is -0.497 e. The first kappa shape index (κ1) is 20.2. The van der Waals surface area contributed by atoms with Gasteiger partial charge in [-0.25, -0.2) is 4.79 Å². The summed E-state index contributed by atoms with van der Waals surface area (Å²) in [5.41, 5.74) is 1.95. The van der Waals surface area contributed by atoms with Gasteiger partial charge in [0.1, 0.15) is 5.75 Å². The zero-order valence-electron chi connectivity index (χ0n) is 16.0. The molecule has 2 aromatic rings. The normalized spacial score (nSPS) is 21.4. The van der Waals surface area contributed by atoms with Gasteiger partial charge in [-0.1, -0.05) is 42.5 Å². The number of rotatable bonds is 8. The maximum Gasteiger partial charge on any atom is 0.407 e. The average molecular weight is 385 g/mol. The average Bonchev–Trinajstić information content (AvgIpc) is 3.14. The van der Waals surface area contributed by atoms with Crippen LogP contribution in [0.25, 0.3) is 0 Å². The molecule has 3 rings (SSSR count). The largest absolute Gasteiger partial charge is 0.497 e. The van der Waals surface area contributed by atoms with Crippen molar-refractivity contribution >= 4 is 6.09 Å². The third-order valence-electron chi connectivity index (χ3n) is 5.39. The Labute approximate surface area is 165 Å². The van der Waals surface area contributed by atoms with E-state index in [1.165, 1.54) is 4.90 Å². The molecule has 6 heteroatoms. The molecule has 3 unspecified atom stereocenters. The van der Waals surface area contributed by atoms with Gasteiger partial charge in [-0.3, -0.25) is 0 Å². The van der Waals surface area contributed by atoms with Gasteiger partial charge in [-0.05, 0) is 36.1 Å². The van der Waals surface area contributed by atoms with Crippen LogP contribution in [0.2, 0.25) is 0 Å². The number of aliphatic hydroxyl groups is 1. The zero-order valence-corrected chi connectivity index (χ0v) is 16.0. The first-order chi connectivity index (χ1) is 13.6. The second-order valence-corrected chi connectivity index (χ2v) is 7.08. The molecule has 0 bridgehead atoms. The summed E-state index contributed by atoms with van der Waals surface area (Å²) in [6, 6.07) is 16.9. The fraction of sp³-hybridized carbons (Fsp3) is 0.409. The number of ether oxygens (including phenoxy) is 2. The van der Waals surface area contributed by atoms with Gasteiger partial charge in [0.25, 0.3) is 0 Å². The maximum atomic E-state index is 11.9. The molecule has 1 aliphatic rings. The van der Waals surface area contributed by atoms with E-state index in [1.54, 1.807) is 7.11 Å². The topological polar surface area (TPSA) is 79.2 Å². The van der Waals surface area contributed by atoms with Crippen molar-refractivity contribution in [2.75, 3.05) is 13.7 Å². The molecule has 1 saturated carbocycles. The van der Waals surface area contributed by atoms with Crippen molar-refractivity contribution in [1.82, 2.24) is 4.90 Å². The van der Waals surface area contributed by atoms with E-state index in [2.05, 4.69) is 0 Å². The second-order valence-electron chi connectivity index (χ2n) is 7.08. The van der Waals surface area contributed by atoms with E-state index in [-0.39, 0.29) is 31.2 Å². The lowest BCUT2D eigenvalue weighted by molar-refractivity contribution is -0.0166. The number of nitrogens with zero attached hydrogens (tertiary/aromatic N) is 1. The van der Waals surface area contributed by atoms with Gasteiger partial charge in [-0.2, -0.15) is 0 Å². The summed E-state index contributed by atoms with van der Waals surface area (Å²) in [7, 11) is 1.60. The highest BCUT2D eigenvalue weighted by Gasteiger charge is 2.41. The molecule has 6 nitrogen and oxygen atoms in total. The molecular weight excluding hydrogens is 358 g/mol. The lowest BCUT2D eigenvalue weighted by atomic mass is 10.0. The van der Waals surface area contributed by atoms with Crippen LogP contribution in [0, 0.1) is 5.92 Å². The third kappa shape index (κ3) is 4.82. The quantitative estimate of drug-likeness (QED) is 0.727. The Hall–Kier alpha value is -2.57. The summed E-state index contributed by atoms with van der Waals surface area (Å²) in [4.78, 5) is 13.4. The van der Waals surface area contributed by atoms with Crippen LogP contribution in [-0.4, -0.2) is 47.1 Å². The smallest absolute Gasteiger partial charge is 0.407 e. The van der Waals surface area contributed by atoms with E-state index in [9.17, 15) is 15.0 Å². The van der Waals surface area contributed by atoms with Crippen molar-refractivity contribution in [3.05, 3.63) is 65.7 Å². The minimum atomic E-state index is -0.983. The number of hydrogen-bond donors (Lipinski definition) is 2. The van der Waals surface area contributed by atoms with E-state index in [1.807, 2.05) is 54.6 Å². The van der Waals surface area contributed by atoms with Crippen LogP contribution in [0.4, 0.5) is 4.79 Å². The van der Waals surface area contributed by atoms with Crippen molar-refractivity contribution in [3.63, 3.8) is 0 Å². The van der Waals surface area contributed by atoms with E-state index >= 15 is 0 Å². The van der Waals surface area contributed by atoms with Crippen LogP contribution in [0.5, 0.6) is 5.75 Å². The van der Waals surface area contributed by atoms with Gasteiger partial charge in [0, 0.05) is 18.5 Å². The van der Waals surface area contributed by atoms with Crippen LogP contribution in [0.3, 0.4) is 0 Å². The lowest BCUT2D eigenvalue weighted by Gasteiger charge is -2.32. The zero-order chi connectivity index (χ0) is 19.9. The van der Waals surface area contributed by atoms with Crippen molar-refractivity contribution in [2.45, 2.75) is 38.1 Å². The van der Waals surface area contributed by atoms with Crippen molar-refractivity contribution in [1.29, 1.82) is 0 Å². The summed E-state index contributed by atoms with van der Waals surface area (Å²) in [6.45, 7) is 0.628. The number of aliphatic hydroxyl groups excluding tert-OH is 1. The minimum absolute atomic E-state index is 0.101. The van der Waals surface area contributed by atoms with Gasteiger partial charge in [0.2, 0.25) is 0 Å². The molecule has 1 fully saturated rings. The summed E-state index contributed by atoms with van der Waals surface area (Å²) in [6.07, 6.45) is 0.262. The van der Waals surface area contributed by atoms with Gasteiger partial charge < -0.3 is 24.6 Å². The monoisotopic (exact) mass is 385 g/mol. The van der Waals surface area contributed by atoms with Crippen LogP contribution in [0.15, 0.2) is 54.6 Å². The molecule has 0 radical (unpaired) electrons. The van der Waals surface area contributed by atoms with E-state index < -0.39 is 6.09 Å². The molecular formula is C22H27NO5. The van der Waals surface area contributed by atoms with Crippen molar-refractivity contribution < 1.29 is 24.5 Å². The van der Waals surface area contributed by atoms with Crippen molar-refractivity contribution in [2.24, 2.45) is 5.92 Å². The Balaban J connectivity index is 1.67. The molecule has 0 aliphatic heterocycles. The van der Waals surface area contributed by atoms with Crippen molar-refractivity contribution in [3.8, 4) is 5.75 Å². The highest BCUT2D eigenvalue weighted by Crippen LogP contribution is 2.34. The number of methoxy groups -OCH3 is 1. The molecule has 2 N–H and O–H groups in total. The highest BCUT2D eigenvalue weighted by molar-refractivity contribution is 5.65. The fourth-order valence-electron chi connectivity index (χ4n) is 3.88. The molecule has 28 heavy (non-hydrogen) atoms. The molecule has 1 amide bonds. The molecule has 0 aromatic heterocycles.